The third-order valence-electron chi connectivity index (χ3n) is 3.73. The van der Waals surface area contributed by atoms with E-state index in [1.54, 1.807) is 12.3 Å². The fourth-order valence-corrected chi connectivity index (χ4v) is 2.54. The molecule has 0 saturated heterocycles. The van der Waals surface area contributed by atoms with Crippen molar-refractivity contribution in [2.24, 2.45) is 17.3 Å². The lowest BCUT2D eigenvalue weighted by Gasteiger charge is -2.06. The van der Waals surface area contributed by atoms with Gasteiger partial charge < -0.3 is 10.4 Å². The van der Waals surface area contributed by atoms with Gasteiger partial charge in [-0.3, -0.25) is 4.79 Å². The zero-order valence-corrected chi connectivity index (χ0v) is 11.8. The van der Waals surface area contributed by atoms with Crippen molar-refractivity contribution in [2.75, 3.05) is 5.32 Å². The zero-order chi connectivity index (χ0) is 14.2. The maximum absolute atomic E-state index is 12.2. The van der Waals surface area contributed by atoms with Crippen LogP contribution in [0, 0.1) is 17.3 Å². The van der Waals surface area contributed by atoms with Crippen LogP contribution in [-0.4, -0.2) is 16.0 Å². The standard InChI is InChI=1S/C15H20N2O2/c1-9(2)8-10-12(15(10,3)4)14(19)17-13-11(18)6-5-7-16-13/h5-8,10,12,18H,1-4H3,(H,16,17,19)/t10-,12+/m0/s1. The van der Waals surface area contributed by atoms with Crippen LogP contribution in [0.3, 0.4) is 0 Å². The van der Waals surface area contributed by atoms with Gasteiger partial charge in [0.05, 0.1) is 5.92 Å². The van der Waals surface area contributed by atoms with E-state index < -0.39 is 0 Å². The molecule has 2 rings (SSSR count). The molecule has 0 unspecified atom stereocenters. The Bertz CT molecular complexity index is 531. The van der Waals surface area contributed by atoms with Crippen LogP contribution in [0.2, 0.25) is 0 Å². The number of aromatic hydroxyl groups is 1. The van der Waals surface area contributed by atoms with Crippen LogP contribution in [-0.2, 0) is 4.79 Å². The first kappa shape index (κ1) is 13.6. The summed E-state index contributed by atoms with van der Waals surface area (Å²) < 4.78 is 0. The maximum atomic E-state index is 12.2. The Balaban J connectivity index is 2.10. The molecule has 0 aliphatic heterocycles. The number of hydrogen-bond donors (Lipinski definition) is 2. The number of carbonyl (C=O) groups excluding carboxylic acids is 1. The quantitative estimate of drug-likeness (QED) is 0.821. The molecular weight excluding hydrogens is 240 g/mol. The second-order valence-electron chi connectivity index (χ2n) is 5.93. The van der Waals surface area contributed by atoms with Crippen molar-refractivity contribution >= 4 is 11.7 Å². The van der Waals surface area contributed by atoms with E-state index in [1.165, 1.54) is 11.6 Å². The van der Waals surface area contributed by atoms with Crippen LogP contribution in [0.1, 0.15) is 27.7 Å². The summed E-state index contributed by atoms with van der Waals surface area (Å²) in [5, 5.41) is 12.3. The van der Waals surface area contributed by atoms with Crippen molar-refractivity contribution in [3.05, 3.63) is 30.0 Å². The fourth-order valence-electron chi connectivity index (χ4n) is 2.54. The Kier molecular flexibility index (Phi) is 3.35. The van der Waals surface area contributed by atoms with Gasteiger partial charge in [-0.05, 0) is 37.3 Å². The van der Waals surface area contributed by atoms with Crippen LogP contribution >= 0.6 is 0 Å². The average Bonchev–Trinajstić information content (AvgIpc) is 2.82. The lowest BCUT2D eigenvalue weighted by Crippen LogP contribution is -2.17. The summed E-state index contributed by atoms with van der Waals surface area (Å²) >= 11 is 0. The van der Waals surface area contributed by atoms with Gasteiger partial charge in [-0.2, -0.15) is 0 Å². The van der Waals surface area contributed by atoms with E-state index in [9.17, 15) is 9.90 Å². The predicted octanol–water partition coefficient (Wildman–Crippen LogP) is 2.96. The molecule has 2 N–H and O–H groups in total. The van der Waals surface area contributed by atoms with Crippen molar-refractivity contribution in [2.45, 2.75) is 27.7 Å². The first-order chi connectivity index (χ1) is 8.84. The minimum absolute atomic E-state index is 0.00642. The number of aromatic nitrogens is 1. The Labute approximate surface area is 113 Å². The molecule has 4 heteroatoms. The molecule has 1 aliphatic rings. The number of allylic oxidation sites excluding steroid dienone is 2. The van der Waals surface area contributed by atoms with Crippen LogP contribution < -0.4 is 5.32 Å². The summed E-state index contributed by atoms with van der Waals surface area (Å²) in [6, 6.07) is 3.13. The number of anilines is 1. The van der Waals surface area contributed by atoms with E-state index in [4.69, 9.17) is 0 Å². The highest BCUT2D eigenvalue weighted by atomic mass is 16.3. The van der Waals surface area contributed by atoms with Gasteiger partial charge in [0.25, 0.3) is 0 Å². The SMILES string of the molecule is CC(C)=C[C@H]1[C@H](C(=O)Nc2ncccc2O)C1(C)C. The highest BCUT2D eigenvalue weighted by Gasteiger charge is 2.60. The summed E-state index contributed by atoms with van der Waals surface area (Å²) in [7, 11) is 0. The molecule has 0 radical (unpaired) electrons. The number of pyridine rings is 1. The van der Waals surface area contributed by atoms with Crippen molar-refractivity contribution in [1.82, 2.24) is 4.98 Å². The van der Waals surface area contributed by atoms with Crippen LogP contribution in [0.5, 0.6) is 5.75 Å². The van der Waals surface area contributed by atoms with Gasteiger partial charge in [0.1, 0.15) is 0 Å². The smallest absolute Gasteiger partial charge is 0.229 e. The molecule has 19 heavy (non-hydrogen) atoms. The van der Waals surface area contributed by atoms with Crippen molar-refractivity contribution in [3.63, 3.8) is 0 Å². The molecule has 0 bridgehead atoms. The lowest BCUT2D eigenvalue weighted by atomic mass is 10.1. The molecule has 1 amide bonds. The summed E-state index contributed by atoms with van der Waals surface area (Å²) in [6.07, 6.45) is 3.68. The molecule has 0 aromatic carbocycles. The number of amides is 1. The molecular formula is C15H20N2O2. The van der Waals surface area contributed by atoms with Gasteiger partial charge >= 0.3 is 0 Å². The molecule has 1 fully saturated rings. The second-order valence-corrected chi connectivity index (χ2v) is 5.93. The van der Waals surface area contributed by atoms with Gasteiger partial charge in [-0.1, -0.05) is 25.5 Å². The summed E-state index contributed by atoms with van der Waals surface area (Å²) in [4.78, 5) is 16.2. The molecule has 102 valence electrons. The van der Waals surface area contributed by atoms with Crippen LogP contribution in [0.25, 0.3) is 0 Å². The molecule has 1 saturated carbocycles. The topological polar surface area (TPSA) is 62.2 Å². The molecule has 1 heterocycles. The van der Waals surface area contributed by atoms with E-state index in [2.05, 4.69) is 30.2 Å². The molecule has 0 spiro atoms. The predicted molar refractivity (Wildman–Crippen MR) is 74.7 cm³/mol. The third-order valence-corrected chi connectivity index (χ3v) is 3.73. The van der Waals surface area contributed by atoms with Crippen molar-refractivity contribution in [1.29, 1.82) is 0 Å². The van der Waals surface area contributed by atoms with Gasteiger partial charge in [-0.25, -0.2) is 4.98 Å². The number of nitrogens with one attached hydrogen (secondary N) is 1. The molecule has 1 aliphatic carbocycles. The molecule has 4 nitrogen and oxygen atoms in total. The first-order valence-corrected chi connectivity index (χ1v) is 6.44. The zero-order valence-electron chi connectivity index (χ0n) is 11.8. The highest BCUT2D eigenvalue weighted by Crippen LogP contribution is 2.59. The normalized spacial score (nSPS) is 23.6. The second kappa shape index (κ2) is 4.68. The monoisotopic (exact) mass is 260 g/mol. The molecule has 2 atom stereocenters. The summed E-state index contributed by atoms with van der Waals surface area (Å²) in [5.74, 6) is 0.327. The summed E-state index contributed by atoms with van der Waals surface area (Å²) in [5.41, 5.74) is 1.18. The lowest BCUT2D eigenvalue weighted by molar-refractivity contribution is -0.118. The van der Waals surface area contributed by atoms with Gasteiger partial charge in [0.2, 0.25) is 5.91 Å². The Morgan fingerprint density at radius 2 is 2.16 bits per heavy atom. The van der Waals surface area contributed by atoms with Crippen LogP contribution in [0.4, 0.5) is 5.82 Å². The van der Waals surface area contributed by atoms with Gasteiger partial charge in [0.15, 0.2) is 11.6 Å². The molecule has 1 aromatic rings. The summed E-state index contributed by atoms with van der Waals surface area (Å²) in [6.45, 7) is 8.24. The van der Waals surface area contributed by atoms with E-state index in [0.29, 0.717) is 0 Å². The number of rotatable bonds is 3. The minimum atomic E-state index is -0.0819. The number of nitrogens with zero attached hydrogens (tertiary/aromatic N) is 1. The third kappa shape index (κ3) is 2.62. The minimum Gasteiger partial charge on any atom is -0.504 e. The van der Waals surface area contributed by atoms with E-state index >= 15 is 0 Å². The largest absolute Gasteiger partial charge is 0.504 e. The Morgan fingerprint density at radius 3 is 2.74 bits per heavy atom. The van der Waals surface area contributed by atoms with Crippen LogP contribution in [0.15, 0.2) is 30.0 Å². The van der Waals surface area contributed by atoms with E-state index in [1.807, 2.05) is 13.8 Å². The average molecular weight is 260 g/mol. The maximum Gasteiger partial charge on any atom is 0.229 e. The van der Waals surface area contributed by atoms with Crippen molar-refractivity contribution in [3.8, 4) is 5.75 Å². The number of hydrogen-bond acceptors (Lipinski definition) is 3. The van der Waals surface area contributed by atoms with E-state index in [0.717, 1.165) is 0 Å². The van der Waals surface area contributed by atoms with Gasteiger partial charge in [-0.15, -0.1) is 0 Å². The number of carbonyl (C=O) groups is 1. The first-order valence-electron chi connectivity index (χ1n) is 6.44. The Morgan fingerprint density at radius 1 is 1.47 bits per heavy atom. The molecule has 1 aromatic heterocycles. The van der Waals surface area contributed by atoms with Crippen molar-refractivity contribution < 1.29 is 9.90 Å². The fraction of sp³-hybridized carbons (Fsp3) is 0.467. The van der Waals surface area contributed by atoms with E-state index in [-0.39, 0.29) is 34.7 Å². The van der Waals surface area contributed by atoms with Gasteiger partial charge in [0, 0.05) is 6.20 Å². The highest BCUT2D eigenvalue weighted by molar-refractivity contribution is 5.96. The Hall–Kier alpha value is -1.84.